The van der Waals surface area contributed by atoms with Crippen LogP contribution >= 0.6 is 0 Å². The van der Waals surface area contributed by atoms with Crippen LogP contribution < -0.4 is 0 Å². The molecule has 0 aliphatic heterocycles. The average Bonchev–Trinajstić information content (AvgIpc) is 2.44. The Morgan fingerprint density at radius 2 is 0.917 bits per heavy atom. The molecule has 0 fully saturated rings. The number of aryl methyl sites for hydroxylation is 6. The molecule has 0 aliphatic rings. The van der Waals surface area contributed by atoms with Gasteiger partial charge in [-0.1, -0.05) is 59.1 Å². The van der Waals surface area contributed by atoms with Gasteiger partial charge in [-0.3, -0.25) is 0 Å². The minimum atomic E-state index is -0.954. The highest BCUT2D eigenvalue weighted by molar-refractivity contribution is 5.51. The smallest absolute Gasteiger partial charge is 0.177 e. The maximum Gasteiger partial charge on any atom is 0.177 e. The maximum absolute atomic E-state index is 10.1. The highest BCUT2D eigenvalue weighted by atomic mass is 16.3. The highest BCUT2D eigenvalue weighted by Gasteiger charge is 2.02. The zero-order chi connectivity index (χ0) is 17.9. The fourth-order valence-corrected chi connectivity index (χ4v) is 3.07. The summed E-state index contributed by atoms with van der Waals surface area (Å²) in [5.74, 6) is 11.9. The minimum absolute atomic E-state index is 0.954. The third-order valence-electron chi connectivity index (χ3n) is 4.02. The molecule has 0 unspecified atom stereocenters. The minimum Gasteiger partial charge on any atom is -0.369 e. The summed E-state index contributed by atoms with van der Waals surface area (Å²) in [4.78, 5) is 0. The second kappa shape index (κ2) is 7.39. The summed E-state index contributed by atoms with van der Waals surface area (Å²) < 4.78 is 0. The Bertz CT molecular complexity index is 774. The van der Waals surface area contributed by atoms with Gasteiger partial charge in [0.15, 0.2) is 6.10 Å². The van der Waals surface area contributed by atoms with E-state index in [0.29, 0.717) is 0 Å². The first-order valence-corrected chi connectivity index (χ1v) is 8.14. The van der Waals surface area contributed by atoms with Crippen molar-refractivity contribution in [3.63, 3.8) is 0 Å². The number of benzene rings is 2. The van der Waals surface area contributed by atoms with E-state index in [2.05, 4.69) is 61.8 Å². The van der Waals surface area contributed by atoms with Gasteiger partial charge in [-0.25, -0.2) is 0 Å². The van der Waals surface area contributed by atoms with Crippen LogP contribution in [0.1, 0.15) is 44.5 Å². The Labute approximate surface area is 145 Å². The number of hydrogen-bond acceptors (Lipinski definition) is 1. The van der Waals surface area contributed by atoms with Crippen molar-refractivity contribution in [3.05, 3.63) is 68.8 Å². The van der Waals surface area contributed by atoms with Gasteiger partial charge >= 0.3 is 0 Å². The Morgan fingerprint density at radius 3 is 1.21 bits per heavy atom. The molecule has 0 heterocycles. The number of aliphatic hydroxyl groups excluding tert-OH is 1. The van der Waals surface area contributed by atoms with Crippen molar-refractivity contribution < 1.29 is 5.11 Å². The van der Waals surface area contributed by atoms with Crippen LogP contribution in [0, 0.1) is 65.2 Å². The van der Waals surface area contributed by atoms with E-state index in [0.717, 1.165) is 33.4 Å². The molecule has 0 aromatic heterocycles. The Kier molecular flexibility index (Phi) is 5.50. The first-order chi connectivity index (χ1) is 11.3. The summed E-state index contributed by atoms with van der Waals surface area (Å²) >= 11 is 0. The Balaban J connectivity index is 2.28. The number of hydrogen-bond donors (Lipinski definition) is 1. The first kappa shape index (κ1) is 17.9. The van der Waals surface area contributed by atoms with E-state index in [-0.39, 0.29) is 0 Å². The number of rotatable bonds is 0. The fraction of sp³-hybridized carbons (Fsp3) is 0.304. The molecule has 122 valence electrons. The highest BCUT2D eigenvalue weighted by Crippen LogP contribution is 2.16. The average molecular weight is 316 g/mol. The van der Waals surface area contributed by atoms with Gasteiger partial charge in [0.2, 0.25) is 0 Å². The largest absolute Gasteiger partial charge is 0.369 e. The molecular formula is C23H24O. The zero-order valence-corrected chi connectivity index (χ0v) is 15.3. The topological polar surface area (TPSA) is 20.2 Å². The molecule has 1 heteroatoms. The third kappa shape index (κ3) is 4.29. The van der Waals surface area contributed by atoms with Crippen LogP contribution in [-0.2, 0) is 0 Å². The molecule has 0 aliphatic carbocycles. The maximum atomic E-state index is 10.1. The molecule has 1 N–H and O–H groups in total. The predicted octanol–water partition coefficient (Wildman–Crippen LogP) is 4.30. The van der Waals surface area contributed by atoms with E-state index in [1.165, 1.54) is 11.1 Å². The normalized spacial score (nSPS) is 10.0. The molecule has 1 nitrogen and oxygen atoms in total. The molecule has 2 rings (SSSR count). The lowest BCUT2D eigenvalue weighted by atomic mass is 9.99. The summed E-state index contributed by atoms with van der Waals surface area (Å²) in [6.07, 6.45) is -0.954. The summed E-state index contributed by atoms with van der Waals surface area (Å²) in [6.45, 7) is 12.3. The van der Waals surface area contributed by atoms with Crippen LogP contribution in [0.3, 0.4) is 0 Å². The lowest BCUT2D eigenvalue weighted by Gasteiger charge is -2.05. The molecule has 24 heavy (non-hydrogen) atoms. The third-order valence-corrected chi connectivity index (χ3v) is 4.02. The SMILES string of the molecule is Cc1cc(C)c(C#CC(O)C#Cc2c(C)cc(C)cc2C)c(C)c1. The molecule has 0 bridgehead atoms. The lowest BCUT2D eigenvalue weighted by molar-refractivity contribution is 0.289. The van der Waals surface area contributed by atoms with Crippen LogP contribution in [0.25, 0.3) is 0 Å². The monoisotopic (exact) mass is 316 g/mol. The molecule has 0 amide bonds. The lowest BCUT2D eigenvalue weighted by Crippen LogP contribution is -2.00. The van der Waals surface area contributed by atoms with Crippen LogP contribution in [0.4, 0.5) is 0 Å². The number of aliphatic hydroxyl groups is 1. The summed E-state index contributed by atoms with van der Waals surface area (Å²) in [5, 5.41) is 10.1. The summed E-state index contributed by atoms with van der Waals surface area (Å²) in [6, 6.07) is 8.42. The van der Waals surface area contributed by atoms with Crippen molar-refractivity contribution >= 4 is 0 Å². The molecule has 0 saturated carbocycles. The van der Waals surface area contributed by atoms with Crippen molar-refractivity contribution in [2.24, 2.45) is 0 Å². The quantitative estimate of drug-likeness (QED) is 0.718. The van der Waals surface area contributed by atoms with Gasteiger partial charge in [-0.15, -0.1) is 0 Å². The predicted molar refractivity (Wildman–Crippen MR) is 101 cm³/mol. The summed E-state index contributed by atoms with van der Waals surface area (Å²) in [7, 11) is 0. The van der Waals surface area contributed by atoms with Crippen molar-refractivity contribution in [1.82, 2.24) is 0 Å². The van der Waals surface area contributed by atoms with E-state index in [4.69, 9.17) is 0 Å². The van der Waals surface area contributed by atoms with Crippen molar-refractivity contribution in [1.29, 1.82) is 0 Å². The van der Waals surface area contributed by atoms with Gasteiger partial charge in [0.05, 0.1) is 0 Å². The van der Waals surface area contributed by atoms with Gasteiger partial charge in [-0.2, -0.15) is 0 Å². The molecule has 0 atom stereocenters. The molecule has 0 saturated heterocycles. The van der Waals surface area contributed by atoms with Gasteiger partial charge in [0, 0.05) is 11.1 Å². The Hall–Kier alpha value is -2.48. The van der Waals surface area contributed by atoms with Gasteiger partial charge in [0.1, 0.15) is 0 Å². The fourth-order valence-electron chi connectivity index (χ4n) is 3.07. The van der Waals surface area contributed by atoms with E-state index in [9.17, 15) is 5.11 Å². The van der Waals surface area contributed by atoms with Crippen LogP contribution in [0.15, 0.2) is 24.3 Å². The molecule has 2 aromatic carbocycles. The van der Waals surface area contributed by atoms with E-state index < -0.39 is 6.10 Å². The van der Waals surface area contributed by atoms with Crippen molar-refractivity contribution in [3.8, 4) is 23.7 Å². The molecular weight excluding hydrogens is 292 g/mol. The van der Waals surface area contributed by atoms with Gasteiger partial charge < -0.3 is 5.11 Å². The zero-order valence-electron chi connectivity index (χ0n) is 15.3. The second-order valence-electron chi connectivity index (χ2n) is 6.49. The van der Waals surface area contributed by atoms with E-state index in [1.54, 1.807) is 0 Å². The Morgan fingerprint density at radius 1 is 0.625 bits per heavy atom. The van der Waals surface area contributed by atoms with Crippen LogP contribution in [-0.4, -0.2) is 11.2 Å². The summed E-state index contributed by atoms with van der Waals surface area (Å²) in [5.41, 5.74) is 8.92. The van der Waals surface area contributed by atoms with Crippen LogP contribution in [0.2, 0.25) is 0 Å². The first-order valence-electron chi connectivity index (χ1n) is 8.14. The second-order valence-corrected chi connectivity index (χ2v) is 6.49. The van der Waals surface area contributed by atoms with Gasteiger partial charge in [0.25, 0.3) is 0 Å². The molecule has 2 aromatic rings. The van der Waals surface area contributed by atoms with Gasteiger partial charge in [-0.05, 0) is 63.8 Å². The van der Waals surface area contributed by atoms with Crippen molar-refractivity contribution in [2.75, 3.05) is 0 Å². The molecule has 0 radical (unpaired) electrons. The van der Waals surface area contributed by atoms with Crippen LogP contribution in [0.5, 0.6) is 0 Å². The van der Waals surface area contributed by atoms with Crippen molar-refractivity contribution in [2.45, 2.75) is 47.6 Å². The molecule has 0 spiro atoms. The van der Waals surface area contributed by atoms with E-state index in [1.807, 2.05) is 27.7 Å². The van der Waals surface area contributed by atoms with E-state index >= 15 is 0 Å². The standard InChI is InChI=1S/C23H24O/c1-15-11-17(3)22(18(4)12-15)9-7-21(24)8-10-23-19(5)13-16(2)14-20(23)6/h11-14,21,24H,1-6H3.